The molecule has 21 heavy (non-hydrogen) atoms. The van der Waals surface area contributed by atoms with Crippen molar-refractivity contribution in [2.24, 2.45) is 0 Å². The first kappa shape index (κ1) is 15.4. The molecule has 1 aromatic heterocycles. The lowest BCUT2D eigenvalue weighted by molar-refractivity contribution is 0.384. The highest BCUT2D eigenvalue weighted by Gasteiger charge is 2.14. The lowest BCUT2D eigenvalue weighted by Crippen LogP contribution is -2.24. The summed E-state index contributed by atoms with van der Waals surface area (Å²) in [6.07, 6.45) is 5.46. The molecule has 3 nitrogen and oxygen atoms in total. The molecule has 4 heteroatoms. The Morgan fingerprint density at radius 1 is 1.24 bits per heavy atom. The summed E-state index contributed by atoms with van der Waals surface area (Å²) in [6, 6.07) is 9.17. The quantitative estimate of drug-likeness (QED) is 0.846. The summed E-state index contributed by atoms with van der Waals surface area (Å²) in [6.45, 7) is 3.04. The first-order valence-corrected chi connectivity index (χ1v) is 7.20. The van der Waals surface area contributed by atoms with E-state index in [9.17, 15) is 4.39 Å². The fourth-order valence-corrected chi connectivity index (χ4v) is 2.27. The van der Waals surface area contributed by atoms with Crippen LogP contribution in [0.4, 0.5) is 4.39 Å². The number of halogens is 1. The Morgan fingerprint density at radius 3 is 2.67 bits per heavy atom. The third-order valence-corrected chi connectivity index (χ3v) is 3.41. The van der Waals surface area contributed by atoms with Gasteiger partial charge in [-0.1, -0.05) is 13.0 Å². The van der Waals surface area contributed by atoms with Gasteiger partial charge in [-0.3, -0.25) is 4.98 Å². The molecule has 0 spiro atoms. The van der Waals surface area contributed by atoms with Gasteiger partial charge < -0.3 is 10.1 Å². The number of benzene rings is 1. The van der Waals surface area contributed by atoms with Gasteiger partial charge in [-0.25, -0.2) is 4.39 Å². The molecule has 0 aliphatic heterocycles. The van der Waals surface area contributed by atoms with Gasteiger partial charge in [0.1, 0.15) is 0 Å². The summed E-state index contributed by atoms with van der Waals surface area (Å²) in [5, 5.41) is 3.51. The number of pyridine rings is 1. The molecular formula is C17H21FN2O. The standard InChI is InChI=1S/C17H21FN2O/c1-3-8-20-16(11-13-6-9-19-10-7-13)14-4-5-15(18)17(12-14)21-2/h4-7,9-10,12,16,20H,3,8,11H2,1-2H3. The molecule has 0 saturated carbocycles. The summed E-state index contributed by atoms with van der Waals surface area (Å²) in [5.41, 5.74) is 2.22. The summed E-state index contributed by atoms with van der Waals surface area (Å²) in [5.74, 6) is -0.0510. The second-order valence-electron chi connectivity index (χ2n) is 4.96. The zero-order chi connectivity index (χ0) is 15.1. The van der Waals surface area contributed by atoms with Crippen LogP contribution in [0, 0.1) is 5.82 Å². The van der Waals surface area contributed by atoms with Crippen LogP contribution in [0.15, 0.2) is 42.7 Å². The minimum Gasteiger partial charge on any atom is -0.494 e. The SMILES string of the molecule is CCCNC(Cc1ccncc1)c1ccc(F)c(OC)c1. The van der Waals surface area contributed by atoms with Crippen molar-refractivity contribution in [1.82, 2.24) is 10.3 Å². The van der Waals surface area contributed by atoms with E-state index in [1.807, 2.05) is 18.2 Å². The van der Waals surface area contributed by atoms with Crippen molar-refractivity contribution in [2.45, 2.75) is 25.8 Å². The first-order valence-electron chi connectivity index (χ1n) is 7.20. The molecule has 2 rings (SSSR count). The van der Waals surface area contributed by atoms with Crippen LogP contribution in [0.2, 0.25) is 0 Å². The minimum atomic E-state index is -0.334. The van der Waals surface area contributed by atoms with Crippen molar-refractivity contribution < 1.29 is 9.13 Å². The molecular weight excluding hydrogens is 267 g/mol. The van der Waals surface area contributed by atoms with Crippen molar-refractivity contribution in [2.75, 3.05) is 13.7 Å². The highest BCUT2D eigenvalue weighted by molar-refractivity contribution is 5.33. The summed E-state index contributed by atoms with van der Waals surface area (Å²) < 4.78 is 18.6. The second kappa shape index (κ2) is 7.74. The van der Waals surface area contributed by atoms with Crippen molar-refractivity contribution in [1.29, 1.82) is 0 Å². The Balaban J connectivity index is 2.22. The van der Waals surface area contributed by atoms with E-state index >= 15 is 0 Å². The Labute approximate surface area is 125 Å². The Hall–Kier alpha value is -1.94. The predicted molar refractivity (Wildman–Crippen MR) is 81.9 cm³/mol. The number of rotatable bonds is 7. The molecule has 1 aromatic carbocycles. The number of hydrogen-bond donors (Lipinski definition) is 1. The van der Waals surface area contributed by atoms with Crippen LogP contribution in [0.25, 0.3) is 0 Å². The maximum absolute atomic E-state index is 13.6. The van der Waals surface area contributed by atoms with Gasteiger partial charge in [-0.2, -0.15) is 0 Å². The number of nitrogens with one attached hydrogen (secondary N) is 1. The summed E-state index contributed by atoms with van der Waals surface area (Å²) in [7, 11) is 1.49. The number of methoxy groups -OCH3 is 1. The number of nitrogens with zero attached hydrogens (tertiary/aromatic N) is 1. The Morgan fingerprint density at radius 2 is 2.00 bits per heavy atom. The summed E-state index contributed by atoms with van der Waals surface area (Å²) >= 11 is 0. The third kappa shape index (κ3) is 4.26. The monoisotopic (exact) mass is 288 g/mol. The van der Waals surface area contributed by atoms with Crippen LogP contribution in [0.1, 0.15) is 30.5 Å². The van der Waals surface area contributed by atoms with Crippen LogP contribution in [-0.2, 0) is 6.42 Å². The highest BCUT2D eigenvalue weighted by Crippen LogP contribution is 2.25. The normalized spacial score (nSPS) is 12.1. The maximum Gasteiger partial charge on any atom is 0.165 e. The molecule has 1 heterocycles. The van der Waals surface area contributed by atoms with Crippen LogP contribution in [0.5, 0.6) is 5.75 Å². The van der Waals surface area contributed by atoms with E-state index in [0.29, 0.717) is 0 Å². The van der Waals surface area contributed by atoms with E-state index in [1.165, 1.54) is 18.7 Å². The minimum absolute atomic E-state index is 0.127. The lowest BCUT2D eigenvalue weighted by atomic mass is 9.99. The molecule has 0 bridgehead atoms. The predicted octanol–water partition coefficient (Wildman–Crippen LogP) is 3.51. The summed E-state index contributed by atoms with van der Waals surface area (Å²) in [4.78, 5) is 4.04. The van der Waals surface area contributed by atoms with Gasteiger partial charge in [0.05, 0.1) is 7.11 Å². The van der Waals surface area contributed by atoms with E-state index in [0.717, 1.165) is 24.9 Å². The molecule has 1 N–H and O–H groups in total. The van der Waals surface area contributed by atoms with Crippen LogP contribution in [-0.4, -0.2) is 18.6 Å². The highest BCUT2D eigenvalue weighted by atomic mass is 19.1. The molecule has 112 valence electrons. The van der Waals surface area contributed by atoms with Gasteiger partial charge in [0.15, 0.2) is 11.6 Å². The lowest BCUT2D eigenvalue weighted by Gasteiger charge is -2.20. The fourth-order valence-electron chi connectivity index (χ4n) is 2.27. The van der Waals surface area contributed by atoms with Crippen LogP contribution in [0.3, 0.4) is 0 Å². The van der Waals surface area contributed by atoms with Crippen LogP contribution < -0.4 is 10.1 Å². The zero-order valence-electron chi connectivity index (χ0n) is 12.5. The molecule has 2 aromatic rings. The van der Waals surface area contributed by atoms with Gasteiger partial charge in [0.2, 0.25) is 0 Å². The topological polar surface area (TPSA) is 34.2 Å². The molecule has 0 amide bonds. The van der Waals surface area contributed by atoms with Crippen molar-refractivity contribution in [3.05, 3.63) is 59.7 Å². The Bertz CT molecular complexity index is 560. The molecule has 1 unspecified atom stereocenters. The number of hydrogen-bond acceptors (Lipinski definition) is 3. The van der Waals surface area contributed by atoms with E-state index < -0.39 is 0 Å². The van der Waals surface area contributed by atoms with E-state index in [2.05, 4.69) is 17.2 Å². The van der Waals surface area contributed by atoms with Crippen LogP contribution >= 0.6 is 0 Å². The molecule has 0 saturated heterocycles. The molecule has 0 aliphatic rings. The van der Waals surface area contributed by atoms with Gasteiger partial charge in [0, 0.05) is 18.4 Å². The zero-order valence-corrected chi connectivity index (χ0v) is 12.5. The van der Waals surface area contributed by atoms with Gasteiger partial charge >= 0.3 is 0 Å². The second-order valence-corrected chi connectivity index (χ2v) is 4.96. The molecule has 0 fully saturated rings. The van der Waals surface area contributed by atoms with Gasteiger partial charge in [-0.05, 0) is 54.8 Å². The Kier molecular flexibility index (Phi) is 5.69. The van der Waals surface area contributed by atoms with Gasteiger partial charge in [0.25, 0.3) is 0 Å². The largest absolute Gasteiger partial charge is 0.494 e. The number of ether oxygens (including phenoxy) is 1. The average molecular weight is 288 g/mol. The third-order valence-electron chi connectivity index (χ3n) is 3.41. The average Bonchev–Trinajstić information content (AvgIpc) is 2.53. The smallest absolute Gasteiger partial charge is 0.165 e. The fraction of sp³-hybridized carbons (Fsp3) is 0.353. The maximum atomic E-state index is 13.6. The van der Waals surface area contributed by atoms with Gasteiger partial charge in [-0.15, -0.1) is 0 Å². The molecule has 0 radical (unpaired) electrons. The van der Waals surface area contributed by atoms with E-state index in [-0.39, 0.29) is 17.6 Å². The number of aromatic nitrogens is 1. The van der Waals surface area contributed by atoms with Crippen molar-refractivity contribution in [3.8, 4) is 5.75 Å². The van der Waals surface area contributed by atoms with Crippen molar-refractivity contribution >= 4 is 0 Å². The van der Waals surface area contributed by atoms with Crippen molar-refractivity contribution in [3.63, 3.8) is 0 Å². The van der Waals surface area contributed by atoms with E-state index in [4.69, 9.17) is 4.74 Å². The molecule has 1 atom stereocenters. The molecule has 0 aliphatic carbocycles. The van der Waals surface area contributed by atoms with E-state index in [1.54, 1.807) is 18.5 Å². The first-order chi connectivity index (χ1) is 10.2.